The van der Waals surface area contributed by atoms with E-state index >= 15 is 0 Å². The molecule has 2 amide bonds. The minimum atomic E-state index is -0.999. The Hall–Kier alpha value is -1.52. The van der Waals surface area contributed by atoms with Crippen molar-refractivity contribution in [3.8, 4) is 0 Å². The molecule has 1 unspecified atom stereocenters. The number of aliphatic carboxylic acids is 1. The number of carboxylic acids is 1. The number of nitrogens with zero attached hydrogens (tertiary/aromatic N) is 2. The Morgan fingerprint density at radius 1 is 1.50 bits per heavy atom. The lowest BCUT2D eigenvalue weighted by Crippen LogP contribution is -2.47. The zero-order valence-electron chi connectivity index (χ0n) is 10.1. The fourth-order valence-corrected chi connectivity index (χ4v) is 1.27. The molecule has 92 valence electrons. The zero-order valence-corrected chi connectivity index (χ0v) is 10.1. The quantitative estimate of drug-likeness (QED) is 0.699. The van der Waals surface area contributed by atoms with E-state index in [4.69, 9.17) is 5.11 Å². The Labute approximate surface area is 96.3 Å². The summed E-state index contributed by atoms with van der Waals surface area (Å²) in [5.41, 5.74) is 0. The summed E-state index contributed by atoms with van der Waals surface area (Å²) in [6, 6.07) is -0.368. The van der Waals surface area contributed by atoms with Gasteiger partial charge in [-0.05, 0) is 13.3 Å². The van der Waals surface area contributed by atoms with Crippen LogP contribution < -0.4 is 0 Å². The summed E-state index contributed by atoms with van der Waals surface area (Å²) < 4.78 is 0. The van der Waals surface area contributed by atoms with E-state index in [9.17, 15) is 9.59 Å². The maximum absolute atomic E-state index is 11.9. The SMILES string of the molecule is C=CCN(C)C(=O)N(CC(=O)O)C(C)CC. The largest absolute Gasteiger partial charge is 0.480 e. The van der Waals surface area contributed by atoms with Gasteiger partial charge in [0.15, 0.2) is 0 Å². The molecule has 5 heteroatoms. The molecule has 0 fully saturated rings. The number of amides is 2. The van der Waals surface area contributed by atoms with Gasteiger partial charge in [-0.25, -0.2) is 4.79 Å². The van der Waals surface area contributed by atoms with Gasteiger partial charge in [-0.3, -0.25) is 4.79 Å². The fraction of sp³-hybridized carbons (Fsp3) is 0.636. The highest BCUT2D eigenvalue weighted by molar-refractivity contribution is 5.80. The second-order valence-corrected chi connectivity index (χ2v) is 3.73. The van der Waals surface area contributed by atoms with Gasteiger partial charge in [-0.15, -0.1) is 6.58 Å². The average Bonchev–Trinajstić information content (AvgIpc) is 2.24. The van der Waals surface area contributed by atoms with Crippen LogP contribution in [-0.4, -0.2) is 53.1 Å². The molecule has 0 saturated carbocycles. The lowest BCUT2D eigenvalue weighted by Gasteiger charge is -2.30. The number of hydrogen-bond donors (Lipinski definition) is 1. The normalized spacial score (nSPS) is 11.7. The summed E-state index contributed by atoms with van der Waals surface area (Å²) in [5, 5.41) is 8.76. The summed E-state index contributed by atoms with van der Waals surface area (Å²) in [5.74, 6) is -0.999. The monoisotopic (exact) mass is 228 g/mol. The third-order valence-electron chi connectivity index (χ3n) is 2.40. The van der Waals surface area contributed by atoms with Crippen molar-refractivity contribution in [2.75, 3.05) is 20.1 Å². The molecule has 0 aliphatic heterocycles. The topological polar surface area (TPSA) is 60.9 Å². The third kappa shape index (κ3) is 4.33. The van der Waals surface area contributed by atoms with Crippen LogP contribution in [0.3, 0.4) is 0 Å². The Morgan fingerprint density at radius 2 is 2.06 bits per heavy atom. The van der Waals surface area contributed by atoms with Crippen LogP contribution >= 0.6 is 0 Å². The Balaban J connectivity index is 4.67. The van der Waals surface area contributed by atoms with Crippen LogP contribution in [0, 0.1) is 0 Å². The van der Waals surface area contributed by atoms with Gasteiger partial charge in [0.2, 0.25) is 0 Å². The van der Waals surface area contributed by atoms with Crippen molar-refractivity contribution in [1.29, 1.82) is 0 Å². The number of carboxylic acid groups (broad SMARTS) is 1. The van der Waals surface area contributed by atoms with Gasteiger partial charge in [0.05, 0.1) is 0 Å². The highest BCUT2D eigenvalue weighted by Gasteiger charge is 2.23. The van der Waals surface area contributed by atoms with Crippen molar-refractivity contribution in [3.63, 3.8) is 0 Å². The Morgan fingerprint density at radius 3 is 2.44 bits per heavy atom. The second kappa shape index (κ2) is 6.87. The number of carbonyl (C=O) groups is 2. The van der Waals surface area contributed by atoms with Crippen LogP contribution in [0.1, 0.15) is 20.3 Å². The molecule has 1 N–H and O–H groups in total. The first-order valence-corrected chi connectivity index (χ1v) is 5.28. The van der Waals surface area contributed by atoms with Gasteiger partial charge in [-0.2, -0.15) is 0 Å². The van der Waals surface area contributed by atoms with Crippen molar-refractivity contribution in [2.45, 2.75) is 26.3 Å². The molecule has 0 aromatic carbocycles. The summed E-state index contributed by atoms with van der Waals surface area (Å²) in [6.07, 6.45) is 2.33. The first kappa shape index (κ1) is 14.5. The molecule has 0 heterocycles. The predicted molar refractivity (Wildman–Crippen MR) is 62.3 cm³/mol. The second-order valence-electron chi connectivity index (χ2n) is 3.73. The van der Waals surface area contributed by atoms with Crippen LogP contribution in [0.4, 0.5) is 4.79 Å². The van der Waals surface area contributed by atoms with Gasteiger partial charge in [0, 0.05) is 19.6 Å². The van der Waals surface area contributed by atoms with Crippen molar-refractivity contribution in [2.24, 2.45) is 0 Å². The van der Waals surface area contributed by atoms with Crippen LogP contribution in [0.5, 0.6) is 0 Å². The van der Waals surface area contributed by atoms with Gasteiger partial charge in [0.25, 0.3) is 0 Å². The summed E-state index contributed by atoms with van der Waals surface area (Å²) in [4.78, 5) is 25.4. The first-order valence-electron chi connectivity index (χ1n) is 5.28. The zero-order chi connectivity index (χ0) is 12.7. The number of likely N-dealkylation sites (N-methyl/N-ethyl adjacent to an activating group) is 1. The Bertz CT molecular complexity index is 266. The minimum absolute atomic E-state index is 0.0872. The molecule has 0 aromatic rings. The van der Waals surface area contributed by atoms with E-state index in [1.54, 1.807) is 13.1 Å². The molecule has 0 rings (SSSR count). The number of carbonyl (C=O) groups excluding carboxylic acids is 1. The molecule has 0 spiro atoms. The molecule has 0 aliphatic carbocycles. The van der Waals surface area contributed by atoms with E-state index in [0.29, 0.717) is 6.54 Å². The summed E-state index contributed by atoms with van der Waals surface area (Å²) in [6.45, 7) is 7.43. The van der Waals surface area contributed by atoms with E-state index in [-0.39, 0.29) is 18.6 Å². The van der Waals surface area contributed by atoms with Crippen molar-refractivity contribution >= 4 is 12.0 Å². The van der Waals surface area contributed by atoms with Gasteiger partial charge >= 0.3 is 12.0 Å². The standard InChI is InChI=1S/C11H20N2O3/c1-5-7-12(4)11(16)13(8-10(14)15)9(3)6-2/h5,9H,1,6-8H2,2-4H3,(H,14,15). The van der Waals surface area contributed by atoms with Gasteiger partial charge in [0.1, 0.15) is 6.54 Å². The van der Waals surface area contributed by atoms with E-state index in [1.807, 2.05) is 13.8 Å². The molecule has 0 saturated heterocycles. The smallest absolute Gasteiger partial charge is 0.323 e. The highest BCUT2D eigenvalue weighted by Crippen LogP contribution is 2.06. The molecule has 1 atom stereocenters. The maximum atomic E-state index is 11.9. The molecule has 0 aliphatic rings. The number of rotatable bonds is 6. The van der Waals surface area contributed by atoms with Gasteiger partial charge < -0.3 is 14.9 Å². The minimum Gasteiger partial charge on any atom is -0.480 e. The van der Waals surface area contributed by atoms with Crippen LogP contribution in [0.25, 0.3) is 0 Å². The first-order chi connectivity index (χ1) is 7.43. The molecule has 0 radical (unpaired) electrons. The van der Waals surface area contributed by atoms with Crippen LogP contribution in [-0.2, 0) is 4.79 Å². The van der Waals surface area contributed by atoms with Crippen LogP contribution in [0.2, 0.25) is 0 Å². The average molecular weight is 228 g/mol. The highest BCUT2D eigenvalue weighted by atomic mass is 16.4. The molecule has 5 nitrogen and oxygen atoms in total. The fourth-order valence-electron chi connectivity index (χ4n) is 1.27. The van der Waals surface area contributed by atoms with E-state index in [2.05, 4.69) is 6.58 Å². The predicted octanol–water partition coefficient (Wildman–Crippen LogP) is 1.41. The Kier molecular flexibility index (Phi) is 6.22. The van der Waals surface area contributed by atoms with E-state index < -0.39 is 5.97 Å². The van der Waals surface area contributed by atoms with Crippen molar-refractivity contribution in [1.82, 2.24) is 9.80 Å². The molecule has 0 aromatic heterocycles. The number of urea groups is 1. The van der Waals surface area contributed by atoms with E-state index in [0.717, 1.165) is 6.42 Å². The lowest BCUT2D eigenvalue weighted by molar-refractivity contribution is -0.138. The molecule has 16 heavy (non-hydrogen) atoms. The molecule has 0 bridgehead atoms. The van der Waals surface area contributed by atoms with Gasteiger partial charge in [-0.1, -0.05) is 13.0 Å². The third-order valence-corrected chi connectivity index (χ3v) is 2.40. The van der Waals surface area contributed by atoms with E-state index in [1.165, 1.54) is 9.80 Å². The van der Waals surface area contributed by atoms with Crippen LogP contribution in [0.15, 0.2) is 12.7 Å². The molecular weight excluding hydrogens is 208 g/mol. The molecular formula is C11H20N2O3. The van der Waals surface area contributed by atoms with Crippen molar-refractivity contribution in [3.05, 3.63) is 12.7 Å². The maximum Gasteiger partial charge on any atom is 0.323 e. The number of hydrogen-bond acceptors (Lipinski definition) is 2. The summed E-state index contributed by atoms with van der Waals surface area (Å²) in [7, 11) is 1.63. The lowest BCUT2D eigenvalue weighted by atomic mass is 10.2. The summed E-state index contributed by atoms with van der Waals surface area (Å²) >= 11 is 0. The van der Waals surface area contributed by atoms with Crippen molar-refractivity contribution < 1.29 is 14.7 Å².